The molecule has 3 rings (SSSR count). The number of hydrogen-bond acceptors (Lipinski definition) is 2. The molecule has 1 atom stereocenters. The zero-order valence-corrected chi connectivity index (χ0v) is 9.09. The summed E-state index contributed by atoms with van der Waals surface area (Å²) in [6.07, 6.45) is -0.723. The summed E-state index contributed by atoms with van der Waals surface area (Å²) in [5.74, 6) is 0. The lowest BCUT2D eigenvalue weighted by Crippen LogP contribution is -2.25. The van der Waals surface area contributed by atoms with Crippen LogP contribution in [0.2, 0.25) is 0 Å². The smallest absolute Gasteiger partial charge is 0.412 e. The molecule has 84 valence electrons. The fourth-order valence-electron chi connectivity index (χ4n) is 2.02. The van der Waals surface area contributed by atoms with Gasteiger partial charge in [-0.25, -0.2) is 4.79 Å². The number of carbonyl (C=O) groups excluding carboxylic acids is 1. The SMILES string of the molecule is O=C1Nc2ccccc2C(c2ccccc2)O1. The molecule has 3 heteroatoms. The van der Waals surface area contributed by atoms with E-state index in [1.54, 1.807) is 0 Å². The van der Waals surface area contributed by atoms with Crippen molar-refractivity contribution in [3.05, 3.63) is 65.7 Å². The summed E-state index contributed by atoms with van der Waals surface area (Å²) in [6, 6.07) is 17.4. The largest absolute Gasteiger partial charge is 0.436 e. The Labute approximate surface area is 99.0 Å². The number of para-hydroxylation sites is 1. The molecule has 0 bridgehead atoms. The lowest BCUT2D eigenvalue weighted by Gasteiger charge is -2.26. The summed E-state index contributed by atoms with van der Waals surface area (Å²) in [4.78, 5) is 11.5. The normalized spacial score (nSPS) is 17.9. The van der Waals surface area contributed by atoms with Crippen LogP contribution >= 0.6 is 0 Å². The molecule has 1 aliphatic rings. The molecule has 0 saturated heterocycles. The molecular formula is C14H11NO2. The van der Waals surface area contributed by atoms with Gasteiger partial charge in [-0.3, -0.25) is 5.32 Å². The number of benzene rings is 2. The lowest BCUT2D eigenvalue weighted by atomic mass is 9.99. The minimum atomic E-state index is -0.405. The van der Waals surface area contributed by atoms with Crippen LogP contribution in [0.3, 0.4) is 0 Å². The van der Waals surface area contributed by atoms with Gasteiger partial charge in [0.25, 0.3) is 0 Å². The molecule has 1 aliphatic heterocycles. The van der Waals surface area contributed by atoms with Crippen LogP contribution in [0.1, 0.15) is 17.2 Å². The van der Waals surface area contributed by atoms with E-state index in [0.29, 0.717) is 0 Å². The van der Waals surface area contributed by atoms with Gasteiger partial charge in [0.2, 0.25) is 0 Å². The Balaban J connectivity index is 2.10. The van der Waals surface area contributed by atoms with E-state index in [9.17, 15) is 4.79 Å². The first-order valence-electron chi connectivity index (χ1n) is 5.46. The van der Waals surface area contributed by atoms with E-state index in [0.717, 1.165) is 16.8 Å². The fraction of sp³-hybridized carbons (Fsp3) is 0.0714. The highest BCUT2D eigenvalue weighted by molar-refractivity contribution is 5.88. The van der Waals surface area contributed by atoms with Gasteiger partial charge in [-0.2, -0.15) is 0 Å². The van der Waals surface area contributed by atoms with Crippen molar-refractivity contribution in [2.45, 2.75) is 6.10 Å². The average Bonchev–Trinajstić information content (AvgIpc) is 2.39. The van der Waals surface area contributed by atoms with Crippen LogP contribution < -0.4 is 5.32 Å². The number of fused-ring (bicyclic) bond motifs is 1. The number of amides is 1. The first-order chi connectivity index (χ1) is 8.34. The monoisotopic (exact) mass is 225 g/mol. The predicted octanol–water partition coefficient (Wildman–Crippen LogP) is 3.34. The molecule has 3 nitrogen and oxygen atoms in total. The fourth-order valence-corrected chi connectivity index (χ4v) is 2.02. The highest BCUT2D eigenvalue weighted by Gasteiger charge is 2.26. The van der Waals surface area contributed by atoms with Gasteiger partial charge in [0.15, 0.2) is 6.10 Å². The van der Waals surface area contributed by atoms with Crippen LogP contribution in [0, 0.1) is 0 Å². The molecule has 0 aliphatic carbocycles. The van der Waals surface area contributed by atoms with Crippen LogP contribution in [0.4, 0.5) is 10.5 Å². The summed E-state index contributed by atoms with van der Waals surface area (Å²) in [7, 11) is 0. The van der Waals surface area contributed by atoms with E-state index in [2.05, 4.69) is 5.32 Å². The number of hydrogen-bond donors (Lipinski definition) is 1. The third-order valence-electron chi connectivity index (χ3n) is 2.81. The molecule has 1 unspecified atom stereocenters. The van der Waals surface area contributed by atoms with E-state index in [1.165, 1.54) is 0 Å². The van der Waals surface area contributed by atoms with Gasteiger partial charge in [0.05, 0.1) is 5.69 Å². The van der Waals surface area contributed by atoms with Gasteiger partial charge in [-0.05, 0) is 11.6 Å². The summed E-state index contributed by atoms with van der Waals surface area (Å²) in [5, 5.41) is 2.70. The van der Waals surface area contributed by atoms with E-state index in [1.807, 2.05) is 54.6 Å². The summed E-state index contributed by atoms with van der Waals surface area (Å²) >= 11 is 0. The minimum Gasteiger partial charge on any atom is -0.436 e. The average molecular weight is 225 g/mol. The first-order valence-corrected chi connectivity index (χ1v) is 5.46. The van der Waals surface area contributed by atoms with Gasteiger partial charge < -0.3 is 4.74 Å². The molecule has 1 amide bonds. The van der Waals surface area contributed by atoms with Crippen molar-refractivity contribution in [1.29, 1.82) is 0 Å². The Morgan fingerprint density at radius 1 is 0.941 bits per heavy atom. The van der Waals surface area contributed by atoms with Crippen LogP contribution in [-0.2, 0) is 4.74 Å². The maximum absolute atomic E-state index is 11.5. The zero-order chi connectivity index (χ0) is 11.7. The second kappa shape index (κ2) is 3.94. The Hall–Kier alpha value is -2.29. The molecule has 1 heterocycles. The molecule has 0 saturated carbocycles. The summed E-state index contributed by atoms with van der Waals surface area (Å²) in [6.45, 7) is 0. The molecule has 0 spiro atoms. The second-order valence-electron chi connectivity index (χ2n) is 3.91. The maximum Gasteiger partial charge on any atom is 0.412 e. The molecule has 2 aromatic rings. The molecule has 0 fully saturated rings. The first kappa shape index (κ1) is 9.90. The number of nitrogens with one attached hydrogen (secondary N) is 1. The standard InChI is InChI=1S/C14H11NO2/c16-14-15-12-9-5-4-8-11(12)13(17-14)10-6-2-1-3-7-10/h1-9,13H,(H,15,16). The van der Waals surface area contributed by atoms with Crippen molar-refractivity contribution < 1.29 is 9.53 Å². The number of rotatable bonds is 1. The Morgan fingerprint density at radius 2 is 1.65 bits per heavy atom. The van der Waals surface area contributed by atoms with E-state index >= 15 is 0 Å². The number of ether oxygens (including phenoxy) is 1. The summed E-state index contributed by atoms with van der Waals surface area (Å²) < 4.78 is 5.35. The summed E-state index contributed by atoms with van der Waals surface area (Å²) in [5.41, 5.74) is 2.78. The molecule has 0 aromatic heterocycles. The van der Waals surface area contributed by atoms with Crippen LogP contribution in [0.5, 0.6) is 0 Å². The van der Waals surface area contributed by atoms with Gasteiger partial charge >= 0.3 is 6.09 Å². The lowest BCUT2D eigenvalue weighted by molar-refractivity contribution is 0.126. The predicted molar refractivity (Wildman–Crippen MR) is 64.8 cm³/mol. The minimum absolute atomic E-state index is 0.318. The van der Waals surface area contributed by atoms with Crippen molar-refractivity contribution in [1.82, 2.24) is 0 Å². The van der Waals surface area contributed by atoms with E-state index in [4.69, 9.17) is 4.74 Å². The zero-order valence-electron chi connectivity index (χ0n) is 9.09. The number of anilines is 1. The van der Waals surface area contributed by atoms with E-state index < -0.39 is 6.09 Å². The van der Waals surface area contributed by atoms with Crippen molar-refractivity contribution in [3.8, 4) is 0 Å². The van der Waals surface area contributed by atoms with Gasteiger partial charge in [0.1, 0.15) is 0 Å². The van der Waals surface area contributed by atoms with Gasteiger partial charge in [-0.15, -0.1) is 0 Å². The Kier molecular flexibility index (Phi) is 2.29. The Morgan fingerprint density at radius 3 is 2.47 bits per heavy atom. The molecule has 0 radical (unpaired) electrons. The molecular weight excluding hydrogens is 214 g/mol. The van der Waals surface area contributed by atoms with Crippen molar-refractivity contribution in [2.75, 3.05) is 5.32 Å². The third kappa shape index (κ3) is 1.76. The van der Waals surface area contributed by atoms with Gasteiger partial charge in [-0.1, -0.05) is 48.5 Å². The van der Waals surface area contributed by atoms with Crippen molar-refractivity contribution in [2.24, 2.45) is 0 Å². The van der Waals surface area contributed by atoms with Crippen LogP contribution in [-0.4, -0.2) is 6.09 Å². The van der Waals surface area contributed by atoms with Gasteiger partial charge in [0, 0.05) is 5.56 Å². The maximum atomic E-state index is 11.5. The number of carbonyl (C=O) groups is 1. The Bertz CT molecular complexity index is 551. The highest BCUT2D eigenvalue weighted by atomic mass is 16.6. The topological polar surface area (TPSA) is 38.3 Å². The molecule has 17 heavy (non-hydrogen) atoms. The van der Waals surface area contributed by atoms with Crippen molar-refractivity contribution >= 4 is 11.8 Å². The number of cyclic esters (lactones) is 1. The van der Waals surface area contributed by atoms with E-state index in [-0.39, 0.29) is 6.10 Å². The third-order valence-corrected chi connectivity index (χ3v) is 2.81. The van der Waals surface area contributed by atoms with Crippen LogP contribution in [0.15, 0.2) is 54.6 Å². The van der Waals surface area contributed by atoms with Crippen molar-refractivity contribution in [3.63, 3.8) is 0 Å². The van der Waals surface area contributed by atoms with Crippen LogP contribution in [0.25, 0.3) is 0 Å². The molecule has 1 N–H and O–H groups in total. The molecule has 2 aromatic carbocycles. The highest BCUT2D eigenvalue weighted by Crippen LogP contribution is 2.34. The quantitative estimate of drug-likeness (QED) is 0.808. The second-order valence-corrected chi connectivity index (χ2v) is 3.91.